The smallest absolute Gasteiger partial charge is 0.310 e. The van der Waals surface area contributed by atoms with Crippen molar-refractivity contribution in [2.24, 2.45) is 0 Å². The second-order valence-corrected chi connectivity index (χ2v) is 7.14. The van der Waals surface area contributed by atoms with Crippen LogP contribution in [0.1, 0.15) is 16.1 Å². The fraction of sp³-hybridized carbons (Fsp3) is 0.0435. The zero-order valence-corrected chi connectivity index (χ0v) is 17.2. The first-order valence-corrected chi connectivity index (χ1v) is 9.79. The number of nitro benzene ring substituents is 1. The summed E-state index contributed by atoms with van der Waals surface area (Å²) in [6.45, 7) is -0.501. The molecule has 0 aliphatic carbocycles. The Morgan fingerprint density at radius 2 is 1.69 bits per heavy atom. The summed E-state index contributed by atoms with van der Waals surface area (Å²) >= 11 is 5.89. The molecular formula is C23H15ClN2O6. The molecule has 8 nitrogen and oxygen atoms in total. The van der Waals surface area contributed by atoms with Crippen molar-refractivity contribution in [2.75, 3.05) is 11.9 Å². The highest BCUT2D eigenvalue weighted by molar-refractivity contribution is 6.30. The summed E-state index contributed by atoms with van der Waals surface area (Å²) < 4.78 is 11.1. The summed E-state index contributed by atoms with van der Waals surface area (Å²) in [5.74, 6) is -1.14. The van der Waals surface area contributed by atoms with Crippen molar-refractivity contribution in [3.8, 4) is 5.75 Å². The van der Waals surface area contributed by atoms with Crippen LogP contribution >= 0.6 is 11.6 Å². The number of benzene rings is 3. The molecule has 0 aliphatic heterocycles. The number of para-hydroxylation sites is 3. The van der Waals surface area contributed by atoms with E-state index < -0.39 is 23.2 Å². The van der Waals surface area contributed by atoms with Crippen molar-refractivity contribution < 1.29 is 23.7 Å². The molecule has 0 fully saturated rings. The number of hydrogen-bond donors (Lipinski definition) is 1. The zero-order chi connectivity index (χ0) is 22.7. The normalized spacial score (nSPS) is 10.7. The molecule has 1 heterocycles. The number of nitrogens with zero attached hydrogens (tertiary/aromatic N) is 1. The predicted molar refractivity (Wildman–Crippen MR) is 118 cm³/mol. The number of anilines is 1. The quantitative estimate of drug-likeness (QED) is 0.234. The van der Waals surface area contributed by atoms with E-state index in [1.54, 1.807) is 54.6 Å². The highest BCUT2D eigenvalue weighted by atomic mass is 35.5. The van der Waals surface area contributed by atoms with E-state index in [1.807, 2.05) is 0 Å². The van der Waals surface area contributed by atoms with Crippen molar-refractivity contribution >= 4 is 45.6 Å². The van der Waals surface area contributed by atoms with Gasteiger partial charge in [-0.1, -0.05) is 35.9 Å². The Kier molecular flexibility index (Phi) is 5.87. The van der Waals surface area contributed by atoms with Crippen LogP contribution in [-0.4, -0.2) is 23.2 Å². The number of ketones is 1. The van der Waals surface area contributed by atoms with Gasteiger partial charge in [-0.15, -0.1) is 0 Å². The Morgan fingerprint density at radius 3 is 2.44 bits per heavy atom. The van der Waals surface area contributed by atoms with Crippen LogP contribution < -0.4 is 10.1 Å². The molecule has 0 saturated carbocycles. The Labute approximate surface area is 186 Å². The van der Waals surface area contributed by atoms with Gasteiger partial charge in [0.25, 0.3) is 5.91 Å². The van der Waals surface area contributed by atoms with Gasteiger partial charge in [0.1, 0.15) is 5.58 Å². The standard InChI is InChI=1S/C23H15ClN2O6/c24-15-11-9-14(10-12-15)22(28)23-21(16-5-1-3-7-18(16)32-23)25-20(27)13-31-19-8-4-2-6-17(19)26(29)30/h1-12H,13H2,(H,25,27). The lowest BCUT2D eigenvalue weighted by atomic mass is 10.1. The number of amides is 1. The van der Waals surface area contributed by atoms with Crippen LogP contribution in [0.25, 0.3) is 11.0 Å². The minimum Gasteiger partial charge on any atom is -0.477 e. The van der Waals surface area contributed by atoms with Crippen LogP contribution in [0.3, 0.4) is 0 Å². The maximum absolute atomic E-state index is 13.0. The van der Waals surface area contributed by atoms with Crippen LogP contribution in [0.2, 0.25) is 5.02 Å². The van der Waals surface area contributed by atoms with Gasteiger partial charge >= 0.3 is 5.69 Å². The molecule has 0 radical (unpaired) electrons. The molecule has 1 N–H and O–H groups in total. The van der Waals surface area contributed by atoms with Gasteiger partial charge in [-0.05, 0) is 42.5 Å². The summed E-state index contributed by atoms with van der Waals surface area (Å²) in [6.07, 6.45) is 0. The van der Waals surface area contributed by atoms with Gasteiger partial charge in [0.2, 0.25) is 5.78 Å². The van der Waals surface area contributed by atoms with E-state index in [0.717, 1.165) is 0 Å². The minimum atomic E-state index is -0.611. The number of fused-ring (bicyclic) bond motifs is 1. The molecular weight excluding hydrogens is 436 g/mol. The molecule has 0 atom stereocenters. The number of rotatable bonds is 7. The SMILES string of the molecule is O=C(COc1ccccc1[N+](=O)[O-])Nc1c(C(=O)c2ccc(Cl)cc2)oc2ccccc12. The summed E-state index contributed by atoms with van der Waals surface area (Å²) in [7, 11) is 0. The first kappa shape index (κ1) is 21.1. The molecule has 0 spiro atoms. The molecule has 0 unspecified atom stereocenters. The fourth-order valence-corrected chi connectivity index (χ4v) is 3.24. The van der Waals surface area contributed by atoms with E-state index in [4.69, 9.17) is 20.8 Å². The lowest BCUT2D eigenvalue weighted by Gasteiger charge is -2.08. The number of ether oxygens (including phenoxy) is 1. The molecule has 9 heteroatoms. The zero-order valence-electron chi connectivity index (χ0n) is 16.4. The van der Waals surface area contributed by atoms with Gasteiger partial charge in [0, 0.05) is 22.0 Å². The van der Waals surface area contributed by atoms with Crippen molar-refractivity contribution in [2.45, 2.75) is 0 Å². The molecule has 1 amide bonds. The third-order valence-electron chi connectivity index (χ3n) is 4.59. The number of carbonyl (C=O) groups excluding carboxylic acids is 2. The minimum absolute atomic E-state index is 0.0397. The van der Waals surface area contributed by atoms with Crippen molar-refractivity contribution in [1.29, 1.82) is 0 Å². The van der Waals surface area contributed by atoms with Crippen LogP contribution in [0.5, 0.6) is 5.75 Å². The van der Waals surface area contributed by atoms with Crippen molar-refractivity contribution in [3.05, 3.63) is 99.3 Å². The second-order valence-electron chi connectivity index (χ2n) is 6.70. The van der Waals surface area contributed by atoms with Gasteiger partial charge in [0.05, 0.1) is 10.6 Å². The number of carbonyl (C=O) groups is 2. The van der Waals surface area contributed by atoms with Crippen LogP contribution in [0, 0.1) is 10.1 Å². The Bertz CT molecular complexity index is 1330. The van der Waals surface area contributed by atoms with Gasteiger partial charge in [-0.25, -0.2) is 0 Å². The van der Waals surface area contributed by atoms with E-state index in [2.05, 4.69) is 5.32 Å². The van der Waals surface area contributed by atoms with Gasteiger partial charge < -0.3 is 14.5 Å². The van der Waals surface area contributed by atoms with Gasteiger partial charge in [-0.3, -0.25) is 19.7 Å². The molecule has 3 aromatic carbocycles. The van der Waals surface area contributed by atoms with E-state index >= 15 is 0 Å². The summed E-state index contributed by atoms with van der Waals surface area (Å²) in [6, 6.07) is 18.9. The van der Waals surface area contributed by atoms with Crippen LogP contribution in [-0.2, 0) is 4.79 Å². The maximum atomic E-state index is 13.0. The maximum Gasteiger partial charge on any atom is 0.310 e. The third-order valence-corrected chi connectivity index (χ3v) is 4.85. The lowest BCUT2D eigenvalue weighted by Crippen LogP contribution is -2.21. The van der Waals surface area contributed by atoms with E-state index in [0.29, 0.717) is 21.6 Å². The Morgan fingerprint density at radius 1 is 1.00 bits per heavy atom. The number of halogens is 1. The fourth-order valence-electron chi connectivity index (χ4n) is 3.11. The summed E-state index contributed by atoms with van der Waals surface area (Å²) in [5.41, 5.74) is 0.684. The lowest BCUT2D eigenvalue weighted by molar-refractivity contribution is -0.385. The number of furan rings is 1. The van der Waals surface area contributed by atoms with E-state index in [1.165, 1.54) is 18.2 Å². The van der Waals surface area contributed by atoms with Gasteiger partial charge in [0.15, 0.2) is 18.1 Å². The van der Waals surface area contributed by atoms with Crippen molar-refractivity contribution in [1.82, 2.24) is 0 Å². The molecule has 1 aromatic heterocycles. The van der Waals surface area contributed by atoms with E-state index in [-0.39, 0.29) is 22.9 Å². The first-order chi connectivity index (χ1) is 15.4. The predicted octanol–water partition coefficient (Wildman–Crippen LogP) is 5.24. The topological polar surface area (TPSA) is 112 Å². The largest absolute Gasteiger partial charge is 0.477 e. The molecule has 0 aliphatic rings. The highest BCUT2D eigenvalue weighted by Gasteiger charge is 2.24. The average molecular weight is 451 g/mol. The van der Waals surface area contributed by atoms with Gasteiger partial charge in [-0.2, -0.15) is 0 Å². The van der Waals surface area contributed by atoms with E-state index in [9.17, 15) is 19.7 Å². The number of nitrogens with one attached hydrogen (secondary N) is 1. The summed E-state index contributed by atoms with van der Waals surface area (Å²) in [5, 5.41) is 14.8. The molecule has 0 bridgehead atoms. The summed E-state index contributed by atoms with van der Waals surface area (Å²) in [4.78, 5) is 36.1. The van der Waals surface area contributed by atoms with Crippen LogP contribution in [0.15, 0.2) is 77.2 Å². The number of hydrogen-bond acceptors (Lipinski definition) is 6. The average Bonchev–Trinajstić information content (AvgIpc) is 3.16. The van der Waals surface area contributed by atoms with Crippen LogP contribution in [0.4, 0.5) is 11.4 Å². The number of nitro groups is 1. The monoisotopic (exact) mass is 450 g/mol. The van der Waals surface area contributed by atoms with Crippen molar-refractivity contribution in [3.63, 3.8) is 0 Å². The first-order valence-electron chi connectivity index (χ1n) is 9.42. The Balaban J connectivity index is 1.60. The third kappa shape index (κ3) is 4.30. The second kappa shape index (κ2) is 8.91. The molecule has 0 saturated heterocycles. The molecule has 4 rings (SSSR count). The molecule has 160 valence electrons. The Hall–Kier alpha value is -4.17. The molecule has 32 heavy (non-hydrogen) atoms. The highest BCUT2D eigenvalue weighted by Crippen LogP contribution is 2.33. The molecule has 4 aromatic rings.